The molecule has 8 heteroatoms. The van der Waals surface area contributed by atoms with Crippen molar-refractivity contribution in [2.45, 2.75) is 36.8 Å². The molecule has 2 aromatic rings. The average molecular weight is 465 g/mol. The highest BCUT2D eigenvalue weighted by atomic mass is 16.5. The molecule has 1 fully saturated rings. The summed E-state index contributed by atoms with van der Waals surface area (Å²) in [5.41, 5.74) is 2.98. The van der Waals surface area contributed by atoms with Crippen LogP contribution in [-0.2, 0) is 19.1 Å². The molecule has 34 heavy (non-hydrogen) atoms. The molecule has 1 unspecified atom stereocenters. The number of benzene rings is 2. The van der Waals surface area contributed by atoms with Crippen molar-refractivity contribution in [3.8, 4) is 11.1 Å². The Morgan fingerprint density at radius 1 is 1.09 bits per heavy atom. The summed E-state index contributed by atoms with van der Waals surface area (Å²) in [6.07, 6.45) is 1.17. The lowest BCUT2D eigenvalue weighted by Gasteiger charge is -2.35. The van der Waals surface area contributed by atoms with E-state index in [1.54, 1.807) is 0 Å². The van der Waals surface area contributed by atoms with Crippen molar-refractivity contribution in [1.82, 2.24) is 10.6 Å². The zero-order chi connectivity index (χ0) is 24.1. The van der Waals surface area contributed by atoms with Crippen LogP contribution in [0.1, 0.15) is 36.3 Å². The molecule has 2 aliphatic rings. The third-order valence-electron chi connectivity index (χ3n) is 6.47. The van der Waals surface area contributed by atoms with Crippen LogP contribution in [0.4, 0.5) is 4.79 Å². The normalized spacial score (nSPS) is 17.1. The number of rotatable bonds is 8. The van der Waals surface area contributed by atoms with Gasteiger partial charge in [0.15, 0.2) is 0 Å². The number of hydrogen-bond acceptors (Lipinski definition) is 5. The summed E-state index contributed by atoms with van der Waals surface area (Å²) in [5, 5.41) is 14.9. The van der Waals surface area contributed by atoms with Gasteiger partial charge in [-0.25, -0.2) is 9.59 Å². The van der Waals surface area contributed by atoms with Gasteiger partial charge < -0.3 is 25.2 Å². The van der Waals surface area contributed by atoms with Crippen LogP contribution >= 0.6 is 0 Å². The highest BCUT2D eigenvalue weighted by Gasteiger charge is 2.43. The molecule has 178 valence electrons. The van der Waals surface area contributed by atoms with E-state index < -0.39 is 29.6 Å². The Bertz CT molecular complexity index is 1050. The first-order valence-electron chi connectivity index (χ1n) is 11.3. The monoisotopic (exact) mass is 464 g/mol. The second-order valence-corrected chi connectivity index (χ2v) is 8.54. The number of carbonyl (C=O) groups excluding carboxylic acids is 2. The van der Waals surface area contributed by atoms with Gasteiger partial charge in [0.1, 0.15) is 18.2 Å². The molecule has 1 heterocycles. The molecular weight excluding hydrogens is 436 g/mol. The van der Waals surface area contributed by atoms with Gasteiger partial charge in [-0.05, 0) is 28.7 Å². The minimum Gasteiger partial charge on any atom is -0.480 e. The molecule has 1 atom stereocenters. The Morgan fingerprint density at radius 2 is 1.68 bits per heavy atom. The first kappa shape index (κ1) is 23.5. The fraction of sp³-hybridized carbons (Fsp3) is 0.346. The fourth-order valence-electron chi connectivity index (χ4n) is 4.62. The van der Waals surface area contributed by atoms with Gasteiger partial charge >= 0.3 is 12.1 Å². The van der Waals surface area contributed by atoms with E-state index in [2.05, 4.69) is 17.2 Å². The van der Waals surface area contributed by atoms with Crippen molar-refractivity contribution >= 4 is 18.0 Å². The number of carboxylic acid groups (broad SMARTS) is 1. The zero-order valence-corrected chi connectivity index (χ0v) is 18.8. The fourth-order valence-corrected chi connectivity index (χ4v) is 4.62. The minimum absolute atomic E-state index is 0.109. The molecule has 0 aromatic heterocycles. The SMILES string of the molecule is C=CCC(NC(=O)OCC1c2ccccc2-c2ccccc21)C(=O)NC1(C(=O)O)CCOCC1. The number of nitrogens with one attached hydrogen (secondary N) is 2. The van der Waals surface area contributed by atoms with Crippen LogP contribution in [-0.4, -0.2) is 54.5 Å². The smallest absolute Gasteiger partial charge is 0.407 e. The maximum Gasteiger partial charge on any atom is 0.407 e. The lowest BCUT2D eigenvalue weighted by molar-refractivity contribution is -0.152. The summed E-state index contributed by atoms with van der Waals surface area (Å²) in [4.78, 5) is 37.4. The summed E-state index contributed by atoms with van der Waals surface area (Å²) in [7, 11) is 0. The summed E-state index contributed by atoms with van der Waals surface area (Å²) in [6, 6.07) is 15.0. The Morgan fingerprint density at radius 3 is 2.24 bits per heavy atom. The Labute approximate surface area is 198 Å². The second kappa shape index (κ2) is 10.1. The van der Waals surface area contributed by atoms with Crippen LogP contribution in [0.15, 0.2) is 61.2 Å². The molecule has 0 spiro atoms. The lowest BCUT2D eigenvalue weighted by Crippen LogP contribution is -2.61. The highest BCUT2D eigenvalue weighted by molar-refractivity contribution is 5.91. The van der Waals surface area contributed by atoms with Crippen molar-refractivity contribution in [1.29, 1.82) is 0 Å². The van der Waals surface area contributed by atoms with E-state index in [0.29, 0.717) is 0 Å². The first-order chi connectivity index (χ1) is 16.4. The number of carboxylic acids is 1. The van der Waals surface area contributed by atoms with E-state index in [1.807, 2.05) is 48.5 Å². The van der Waals surface area contributed by atoms with Crippen LogP contribution < -0.4 is 10.6 Å². The first-order valence-corrected chi connectivity index (χ1v) is 11.3. The van der Waals surface area contributed by atoms with Crippen LogP contribution in [0, 0.1) is 0 Å². The van der Waals surface area contributed by atoms with Gasteiger partial charge in [-0.3, -0.25) is 4.79 Å². The third kappa shape index (κ3) is 4.68. The minimum atomic E-state index is -1.42. The average Bonchev–Trinajstić information content (AvgIpc) is 3.16. The number of amides is 2. The molecule has 0 saturated carbocycles. The van der Waals surface area contributed by atoms with Gasteiger partial charge in [-0.15, -0.1) is 6.58 Å². The molecule has 1 saturated heterocycles. The second-order valence-electron chi connectivity index (χ2n) is 8.54. The van der Waals surface area contributed by atoms with Crippen molar-refractivity contribution < 1.29 is 29.0 Å². The quantitative estimate of drug-likeness (QED) is 0.517. The Hall–Kier alpha value is -3.65. The van der Waals surface area contributed by atoms with E-state index >= 15 is 0 Å². The summed E-state index contributed by atoms with van der Waals surface area (Å²) in [6.45, 7) is 4.22. The Balaban J connectivity index is 1.41. The molecule has 0 bridgehead atoms. The number of fused-ring (bicyclic) bond motifs is 3. The highest BCUT2D eigenvalue weighted by Crippen LogP contribution is 2.44. The van der Waals surface area contributed by atoms with E-state index in [-0.39, 0.29) is 45.0 Å². The van der Waals surface area contributed by atoms with E-state index in [0.717, 1.165) is 22.3 Å². The summed E-state index contributed by atoms with van der Waals surface area (Å²) in [5.74, 6) is -1.83. The molecule has 1 aliphatic carbocycles. The van der Waals surface area contributed by atoms with E-state index in [9.17, 15) is 19.5 Å². The molecule has 3 N–H and O–H groups in total. The molecule has 2 amide bonds. The van der Waals surface area contributed by atoms with E-state index in [1.165, 1.54) is 6.08 Å². The molecule has 0 radical (unpaired) electrons. The number of hydrogen-bond donors (Lipinski definition) is 3. The zero-order valence-electron chi connectivity index (χ0n) is 18.8. The summed E-state index contributed by atoms with van der Waals surface area (Å²) < 4.78 is 10.8. The van der Waals surface area contributed by atoms with Crippen LogP contribution in [0.3, 0.4) is 0 Å². The Kier molecular flexibility index (Phi) is 6.98. The van der Waals surface area contributed by atoms with E-state index in [4.69, 9.17) is 9.47 Å². The maximum absolute atomic E-state index is 12.9. The van der Waals surface area contributed by atoms with Crippen LogP contribution in [0.2, 0.25) is 0 Å². The van der Waals surface area contributed by atoms with Crippen LogP contribution in [0.25, 0.3) is 11.1 Å². The number of carbonyl (C=O) groups is 3. The molecule has 2 aromatic carbocycles. The predicted octanol–water partition coefficient (Wildman–Crippen LogP) is 3.22. The molecule has 1 aliphatic heterocycles. The molecule has 4 rings (SSSR count). The number of alkyl carbamates (subject to hydrolysis) is 1. The van der Waals surface area contributed by atoms with Crippen molar-refractivity contribution in [3.63, 3.8) is 0 Å². The van der Waals surface area contributed by atoms with Gasteiger partial charge in [0.2, 0.25) is 5.91 Å². The third-order valence-corrected chi connectivity index (χ3v) is 6.47. The van der Waals surface area contributed by atoms with Gasteiger partial charge in [0.05, 0.1) is 0 Å². The van der Waals surface area contributed by atoms with Crippen molar-refractivity contribution in [2.24, 2.45) is 0 Å². The van der Waals surface area contributed by atoms with Crippen molar-refractivity contribution in [3.05, 3.63) is 72.3 Å². The summed E-state index contributed by atoms with van der Waals surface area (Å²) >= 11 is 0. The topological polar surface area (TPSA) is 114 Å². The molecular formula is C26H28N2O6. The van der Waals surface area contributed by atoms with Gasteiger partial charge in [0.25, 0.3) is 0 Å². The standard InChI is InChI=1S/C26H28N2O6/c1-2-7-22(23(29)28-26(24(30)31)12-14-33-15-13-26)27-25(32)34-16-21-19-10-5-3-8-17(19)18-9-4-6-11-20(18)21/h2-6,8-11,21-22H,1,7,12-16H2,(H,27,32)(H,28,29)(H,30,31). The van der Waals surface area contributed by atoms with Gasteiger partial charge in [-0.1, -0.05) is 54.6 Å². The van der Waals surface area contributed by atoms with Crippen molar-refractivity contribution in [2.75, 3.05) is 19.8 Å². The lowest BCUT2D eigenvalue weighted by atomic mass is 9.89. The molecule has 8 nitrogen and oxygen atoms in total. The van der Waals surface area contributed by atoms with Gasteiger partial charge in [-0.2, -0.15) is 0 Å². The predicted molar refractivity (Wildman–Crippen MR) is 125 cm³/mol. The van der Waals surface area contributed by atoms with Gasteiger partial charge in [0, 0.05) is 32.0 Å². The largest absolute Gasteiger partial charge is 0.480 e. The number of aliphatic carboxylic acids is 1. The van der Waals surface area contributed by atoms with Crippen LogP contribution in [0.5, 0.6) is 0 Å². The maximum atomic E-state index is 12.9. The number of ether oxygens (including phenoxy) is 2.